The molecule has 2 heteroatoms. The lowest BCUT2D eigenvalue weighted by atomic mass is 9.96. The zero-order valence-corrected chi connectivity index (χ0v) is 19.4. The van der Waals surface area contributed by atoms with Crippen molar-refractivity contribution in [1.29, 1.82) is 0 Å². The first kappa shape index (κ1) is 23.1. The van der Waals surface area contributed by atoms with Crippen molar-refractivity contribution in [2.75, 3.05) is 4.90 Å². The van der Waals surface area contributed by atoms with Crippen LogP contribution in [0.4, 0.5) is 5.69 Å². The third-order valence-corrected chi connectivity index (χ3v) is 5.41. The van der Waals surface area contributed by atoms with Gasteiger partial charge in [0.2, 0.25) is 5.72 Å². The lowest BCUT2D eigenvalue weighted by Gasteiger charge is -2.45. The molecule has 2 aromatic carbocycles. The molecule has 2 aromatic rings. The fourth-order valence-corrected chi connectivity index (χ4v) is 4.34. The molecule has 0 radical (unpaired) electrons. The number of rotatable bonds is 4. The maximum atomic E-state index is 6.68. The third kappa shape index (κ3) is 4.69. The molecular weight excluding hydrogens is 354 g/mol. The molecule has 0 saturated heterocycles. The lowest BCUT2D eigenvalue weighted by molar-refractivity contribution is 0.108. The summed E-state index contributed by atoms with van der Waals surface area (Å²) < 4.78 is 6.68. The first-order valence-electron chi connectivity index (χ1n) is 11.5. The monoisotopic (exact) mass is 393 g/mol. The van der Waals surface area contributed by atoms with E-state index in [1.165, 1.54) is 23.2 Å². The Morgan fingerprint density at radius 3 is 2.31 bits per heavy atom. The van der Waals surface area contributed by atoms with Crippen molar-refractivity contribution < 1.29 is 4.74 Å². The normalized spacial score (nSPS) is 19.4. The number of nitrogens with zero attached hydrogens (tertiary/aromatic N) is 1. The van der Waals surface area contributed by atoms with Gasteiger partial charge in [0, 0.05) is 23.7 Å². The summed E-state index contributed by atoms with van der Waals surface area (Å²) in [5.41, 5.74) is 3.49. The van der Waals surface area contributed by atoms with Crippen LogP contribution < -0.4 is 9.64 Å². The topological polar surface area (TPSA) is 12.5 Å². The van der Waals surface area contributed by atoms with E-state index in [2.05, 4.69) is 86.4 Å². The summed E-state index contributed by atoms with van der Waals surface area (Å²) in [6.45, 7) is 14.9. The number of hydrogen-bond donors (Lipinski definition) is 0. The van der Waals surface area contributed by atoms with E-state index in [0.717, 1.165) is 18.6 Å². The minimum absolute atomic E-state index is 0.395. The van der Waals surface area contributed by atoms with Crippen LogP contribution >= 0.6 is 0 Å². The van der Waals surface area contributed by atoms with E-state index in [9.17, 15) is 0 Å². The van der Waals surface area contributed by atoms with Gasteiger partial charge in [-0.2, -0.15) is 0 Å². The molecule has 1 spiro atoms. The zero-order valence-electron chi connectivity index (χ0n) is 19.4. The molecule has 2 heterocycles. The number of benzene rings is 2. The SMILES string of the molecule is CC.CC.CCC(CC(C)C)N1c2ccccc2C[C@]12C=Cc1ccccc1O2. The molecule has 0 amide bonds. The Bertz CT molecular complexity index is 795. The number of anilines is 1. The van der Waals surface area contributed by atoms with Crippen molar-refractivity contribution in [3.05, 3.63) is 65.7 Å². The van der Waals surface area contributed by atoms with E-state index in [-0.39, 0.29) is 0 Å². The number of para-hydroxylation sites is 2. The van der Waals surface area contributed by atoms with Gasteiger partial charge in [0.15, 0.2) is 0 Å². The average Bonchev–Trinajstić information content (AvgIpc) is 3.07. The largest absolute Gasteiger partial charge is 0.463 e. The van der Waals surface area contributed by atoms with Crippen molar-refractivity contribution in [2.24, 2.45) is 5.92 Å². The quantitative estimate of drug-likeness (QED) is 0.527. The highest BCUT2D eigenvalue weighted by Crippen LogP contribution is 2.46. The molecule has 0 N–H and O–H groups in total. The van der Waals surface area contributed by atoms with Crippen molar-refractivity contribution in [3.63, 3.8) is 0 Å². The number of hydrogen-bond acceptors (Lipinski definition) is 2. The molecule has 4 rings (SSSR count). The highest BCUT2D eigenvalue weighted by Gasteiger charge is 2.48. The molecular formula is C27H39NO. The standard InChI is InChI=1S/C23H27NO.2C2H6/c1-4-20(15-17(2)3)24-21-11-7-5-10-19(21)16-23(24)14-13-18-9-6-8-12-22(18)25-23;2*1-2/h5-14,17,20H,4,15-16H2,1-3H3;2*1-2H3/t20?,23-;;/m1../s1. The maximum absolute atomic E-state index is 6.68. The second-order valence-electron chi connectivity index (χ2n) is 7.69. The molecule has 2 aliphatic heterocycles. The molecule has 2 atom stereocenters. The van der Waals surface area contributed by atoms with Crippen LogP contribution in [-0.4, -0.2) is 11.8 Å². The third-order valence-electron chi connectivity index (χ3n) is 5.41. The second kappa shape index (κ2) is 10.5. The number of ether oxygens (including phenoxy) is 1. The minimum Gasteiger partial charge on any atom is -0.463 e. The van der Waals surface area contributed by atoms with Crippen LogP contribution in [0.2, 0.25) is 0 Å². The maximum Gasteiger partial charge on any atom is 0.207 e. The smallest absolute Gasteiger partial charge is 0.207 e. The Hall–Kier alpha value is -2.22. The van der Waals surface area contributed by atoms with Crippen LogP contribution in [0.1, 0.15) is 72.4 Å². The van der Waals surface area contributed by atoms with Gasteiger partial charge in [-0.25, -0.2) is 0 Å². The first-order valence-corrected chi connectivity index (χ1v) is 11.5. The van der Waals surface area contributed by atoms with Gasteiger partial charge in [-0.05, 0) is 48.6 Å². The Morgan fingerprint density at radius 1 is 0.966 bits per heavy atom. The van der Waals surface area contributed by atoms with Crippen molar-refractivity contribution in [2.45, 2.75) is 79.5 Å². The molecule has 2 aliphatic rings. The molecule has 2 nitrogen and oxygen atoms in total. The molecule has 29 heavy (non-hydrogen) atoms. The molecule has 0 fully saturated rings. The van der Waals surface area contributed by atoms with Gasteiger partial charge in [-0.3, -0.25) is 0 Å². The van der Waals surface area contributed by atoms with E-state index in [4.69, 9.17) is 4.74 Å². The van der Waals surface area contributed by atoms with Gasteiger partial charge in [0.25, 0.3) is 0 Å². The van der Waals surface area contributed by atoms with Gasteiger partial charge < -0.3 is 9.64 Å². The summed E-state index contributed by atoms with van der Waals surface area (Å²) in [5, 5.41) is 0. The number of fused-ring (bicyclic) bond motifs is 2. The average molecular weight is 394 g/mol. The van der Waals surface area contributed by atoms with Gasteiger partial charge in [-0.1, -0.05) is 84.9 Å². The van der Waals surface area contributed by atoms with Crippen molar-refractivity contribution in [1.82, 2.24) is 0 Å². The lowest BCUT2D eigenvalue weighted by Crippen LogP contribution is -2.55. The molecule has 0 saturated carbocycles. The van der Waals surface area contributed by atoms with Gasteiger partial charge in [0.05, 0.1) is 0 Å². The van der Waals surface area contributed by atoms with Crippen LogP contribution in [0.25, 0.3) is 6.08 Å². The predicted octanol–water partition coefficient (Wildman–Crippen LogP) is 7.73. The van der Waals surface area contributed by atoms with Gasteiger partial charge in [-0.15, -0.1) is 0 Å². The summed E-state index contributed by atoms with van der Waals surface area (Å²) in [4.78, 5) is 2.55. The highest BCUT2D eigenvalue weighted by molar-refractivity contribution is 5.69. The van der Waals surface area contributed by atoms with Crippen molar-refractivity contribution in [3.8, 4) is 5.75 Å². The van der Waals surface area contributed by atoms with E-state index >= 15 is 0 Å². The van der Waals surface area contributed by atoms with Crippen LogP contribution in [-0.2, 0) is 6.42 Å². The highest BCUT2D eigenvalue weighted by atomic mass is 16.5. The van der Waals surface area contributed by atoms with Crippen LogP contribution in [0.15, 0.2) is 54.6 Å². The van der Waals surface area contributed by atoms with Gasteiger partial charge in [0.1, 0.15) is 5.75 Å². The van der Waals surface area contributed by atoms with Crippen LogP contribution in [0.3, 0.4) is 0 Å². The predicted molar refractivity (Wildman–Crippen MR) is 128 cm³/mol. The van der Waals surface area contributed by atoms with Crippen LogP contribution in [0, 0.1) is 5.92 Å². The van der Waals surface area contributed by atoms with Gasteiger partial charge >= 0.3 is 0 Å². The van der Waals surface area contributed by atoms with E-state index in [1.54, 1.807) is 0 Å². The second-order valence-corrected chi connectivity index (χ2v) is 7.69. The fourth-order valence-electron chi connectivity index (χ4n) is 4.34. The summed E-state index contributed by atoms with van der Waals surface area (Å²) in [5.74, 6) is 1.65. The van der Waals surface area contributed by atoms with E-state index in [1.807, 2.05) is 27.7 Å². The summed E-state index contributed by atoms with van der Waals surface area (Å²) in [6, 6.07) is 17.6. The summed E-state index contributed by atoms with van der Waals surface area (Å²) in [7, 11) is 0. The zero-order chi connectivity index (χ0) is 21.4. The molecule has 1 unspecified atom stereocenters. The Morgan fingerprint density at radius 2 is 1.62 bits per heavy atom. The van der Waals surface area contributed by atoms with E-state index in [0.29, 0.717) is 12.0 Å². The molecule has 0 aromatic heterocycles. The Balaban J connectivity index is 0.000000707. The van der Waals surface area contributed by atoms with Crippen molar-refractivity contribution >= 4 is 11.8 Å². The first-order chi connectivity index (χ1) is 14.1. The Labute approximate surface area is 178 Å². The molecule has 0 aliphatic carbocycles. The van der Waals surface area contributed by atoms with E-state index < -0.39 is 5.72 Å². The minimum atomic E-state index is -0.395. The Kier molecular flexibility index (Phi) is 8.37. The van der Waals surface area contributed by atoms with Crippen LogP contribution in [0.5, 0.6) is 5.75 Å². The summed E-state index contributed by atoms with van der Waals surface area (Å²) >= 11 is 0. The molecule has 158 valence electrons. The fraction of sp³-hybridized carbons (Fsp3) is 0.481. The summed E-state index contributed by atoms with van der Waals surface area (Å²) in [6.07, 6.45) is 7.71. The molecule has 0 bridgehead atoms.